The Bertz CT molecular complexity index is 1020. The average Bonchev–Trinajstić information content (AvgIpc) is 3.09. The fraction of sp³-hybridized carbons (Fsp3) is 0.222. The number of nitrogens with zero attached hydrogens (tertiary/aromatic N) is 2. The number of fused-ring (bicyclic) bond motifs is 1. The number of nitrogens with one attached hydrogen (secondary N) is 1. The van der Waals surface area contributed by atoms with Crippen LogP contribution in [-0.4, -0.2) is 23.1 Å². The second kappa shape index (κ2) is 5.77. The molecule has 25 heavy (non-hydrogen) atoms. The van der Waals surface area contributed by atoms with Gasteiger partial charge in [-0.2, -0.15) is 0 Å². The minimum atomic E-state index is -0.444. The molecule has 0 spiro atoms. The molecule has 128 valence electrons. The van der Waals surface area contributed by atoms with Crippen LogP contribution < -0.4 is 16.0 Å². The zero-order valence-electron chi connectivity index (χ0n) is 13.5. The minimum absolute atomic E-state index is 0.175. The minimum Gasteiger partial charge on any atom is -0.408 e. The normalized spacial score (nSPS) is 17.4. The van der Waals surface area contributed by atoms with Gasteiger partial charge in [-0.25, -0.2) is 9.18 Å². The van der Waals surface area contributed by atoms with Crippen LogP contribution in [0.5, 0.6) is 0 Å². The smallest absolute Gasteiger partial charge is 0.408 e. The van der Waals surface area contributed by atoms with Gasteiger partial charge in [-0.05, 0) is 36.8 Å². The lowest BCUT2D eigenvalue weighted by Gasteiger charge is -2.18. The zero-order valence-corrected chi connectivity index (χ0v) is 13.5. The maximum absolute atomic E-state index is 13.9. The lowest BCUT2D eigenvalue weighted by Crippen LogP contribution is -2.33. The molecular weight excluding hydrogens is 325 g/mol. The van der Waals surface area contributed by atoms with E-state index in [1.54, 1.807) is 43.4 Å². The van der Waals surface area contributed by atoms with E-state index in [9.17, 15) is 14.0 Å². The molecule has 3 aromatic rings. The van der Waals surface area contributed by atoms with Crippen molar-refractivity contribution in [3.05, 3.63) is 58.8 Å². The van der Waals surface area contributed by atoms with Crippen LogP contribution in [0.2, 0.25) is 0 Å². The summed E-state index contributed by atoms with van der Waals surface area (Å²) in [6.45, 7) is 0.448. The topological polar surface area (TPSA) is 67.5 Å². The number of amides is 1. The fourth-order valence-corrected chi connectivity index (χ4v) is 3.14. The molecule has 0 bridgehead atoms. The zero-order chi connectivity index (χ0) is 17.6. The quantitative estimate of drug-likeness (QED) is 0.795. The molecule has 0 aliphatic carbocycles. The molecule has 1 atom stereocenters. The summed E-state index contributed by atoms with van der Waals surface area (Å²) < 4.78 is 20.4. The van der Waals surface area contributed by atoms with E-state index in [4.69, 9.17) is 4.42 Å². The second-order valence-corrected chi connectivity index (χ2v) is 6.04. The van der Waals surface area contributed by atoms with Gasteiger partial charge in [-0.3, -0.25) is 9.36 Å². The van der Waals surface area contributed by atoms with Crippen LogP contribution in [0.3, 0.4) is 0 Å². The van der Waals surface area contributed by atoms with Gasteiger partial charge in [0.2, 0.25) is 5.91 Å². The number of aromatic nitrogens is 1. The van der Waals surface area contributed by atoms with E-state index in [2.05, 4.69) is 5.32 Å². The van der Waals surface area contributed by atoms with Crippen LogP contribution in [0.4, 0.5) is 15.8 Å². The molecule has 4 rings (SSSR count). The Morgan fingerprint density at radius 1 is 1.20 bits per heavy atom. The Balaban J connectivity index is 1.58. The first-order valence-corrected chi connectivity index (χ1v) is 7.96. The Morgan fingerprint density at radius 3 is 2.80 bits per heavy atom. The SMILES string of the molecule is Cn1c(=O)oc2ccc(NC3CCN(c4ccccc4F)C3=O)cc21. The Morgan fingerprint density at radius 2 is 2.00 bits per heavy atom. The highest BCUT2D eigenvalue weighted by atomic mass is 19.1. The molecule has 1 aliphatic heterocycles. The van der Waals surface area contributed by atoms with Gasteiger partial charge < -0.3 is 14.6 Å². The Kier molecular flexibility index (Phi) is 3.56. The van der Waals surface area contributed by atoms with Crippen molar-refractivity contribution in [2.75, 3.05) is 16.8 Å². The van der Waals surface area contributed by atoms with Crippen LogP contribution in [-0.2, 0) is 11.8 Å². The number of carbonyl (C=O) groups excluding carboxylic acids is 1. The van der Waals surface area contributed by atoms with E-state index in [1.165, 1.54) is 15.5 Å². The first kappa shape index (κ1) is 15.4. The number of halogens is 1. The highest BCUT2D eigenvalue weighted by Crippen LogP contribution is 2.27. The molecule has 1 aliphatic rings. The van der Waals surface area contributed by atoms with Gasteiger partial charge in [0.25, 0.3) is 0 Å². The number of anilines is 2. The first-order valence-electron chi connectivity index (χ1n) is 7.96. The monoisotopic (exact) mass is 341 g/mol. The predicted molar refractivity (Wildman–Crippen MR) is 92.2 cm³/mol. The van der Waals surface area contributed by atoms with Crippen LogP contribution in [0, 0.1) is 5.82 Å². The molecule has 0 radical (unpaired) electrons. The van der Waals surface area contributed by atoms with Crippen molar-refractivity contribution in [2.45, 2.75) is 12.5 Å². The average molecular weight is 341 g/mol. The number of aryl methyl sites for hydroxylation is 1. The Labute approximate surface area is 142 Å². The van der Waals surface area contributed by atoms with Gasteiger partial charge in [0.1, 0.15) is 11.9 Å². The van der Waals surface area contributed by atoms with E-state index >= 15 is 0 Å². The van der Waals surface area contributed by atoms with Crippen molar-refractivity contribution < 1.29 is 13.6 Å². The third-order valence-electron chi connectivity index (χ3n) is 4.48. The maximum Gasteiger partial charge on any atom is 0.419 e. The molecule has 1 amide bonds. The van der Waals surface area contributed by atoms with Gasteiger partial charge >= 0.3 is 5.76 Å². The van der Waals surface area contributed by atoms with E-state index in [1.807, 2.05) is 0 Å². The summed E-state index contributed by atoms with van der Waals surface area (Å²) in [5.41, 5.74) is 2.14. The summed E-state index contributed by atoms with van der Waals surface area (Å²) in [6.07, 6.45) is 0.565. The van der Waals surface area contributed by atoms with Crippen molar-refractivity contribution in [1.82, 2.24) is 4.57 Å². The van der Waals surface area contributed by atoms with Crippen molar-refractivity contribution in [3.8, 4) is 0 Å². The number of hydrogen-bond donors (Lipinski definition) is 1. The van der Waals surface area contributed by atoms with Crippen molar-refractivity contribution in [2.24, 2.45) is 7.05 Å². The lowest BCUT2D eigenvalue weighted by atomic mass is 10.2. The van der Waals surface area contributed by atoms with E-state index < -0.39 is 17.6 Å². The van der Waals surface area contributed by atoms with Crippen molar-refractivity contribution in [1.29, 1.82) is 0 Å². The molecule has 1 fully saturated rings. The highest BCUT2D eigenvalue weighted by molar-refractivity contribution is 6.01. The van der Waals surface area contributed by atoms with Gasteiger partial charge in [0.05, 0.1) is 11.2 Å². The molecule has 1 aromatic heterocycles. The van der Waals surface area contributed by atoms with Gasteiger partial charge in [0, 0.05) is 19.3 Å². The largest absolute Gasteiger partial charge is 0.419 e. The number of carbonyl (C=O) groups is 1. The molecule has 1 unspecified atom stereocenters. The maximum atomic E-state index is 13.9. The van der Waals surface area contributed by atoms with E-state index in [0.717, 1.165) is 0 Å². The number of benzene rings is 2. The number of para-hydroxylation sites is 1. The summed E-state index contributed by atoms with van der Waals surface area (Å²) in [7, 11) is 1.62. The van der Waals surface area contributed by atoms with Gasteiger partial charge in [0.15, 0.2) is 5.58 Å². The third kappa shape index (κ3) is 2.57. The van der Waals surface area contributed by atoms with E-state index in [0.29, 0.717) is 35.4 Å². The molecular formula is C18H16FN3O3. The lowest BCUT2D eigenvalue weighted by molar-refractivity contribution is -0.117. The molecule has 7 heteroatoms. The van der Waals surface area contributed by atoms with E-state index in [-0.39, 0.29) is 5.91 Å². The summed E-state index contributed by atoms with van der Waals surface area (Å²) >= 11 is 0. The standard InChI is InChI=1S/C18H16FN3O3/c1-21-15-10-11(6-7-16(15)25-18(21)24)20-13-8-9-22(17(13)23)14-5-3-2-4-12(14)19/h2-7,10,13,20H,8-9H2,1H3. The van der Waals surface area contributed by atoms with Gasteiger partial charge in [-0.15, -0.1) is 0 Å². The third-order valence-corrected chi connectivity index (χ3v) is 4.48. The number of rotatable bonds is 3. The molecule has 0 saturated carbocycles. The number of oxazole rings is 1. The molecule has 1 N–H and O–H groups in total. The van der Waals surface area contributed by atoms with Crippen LogP contribution in [0.1, 0.15) is 6.42 Å². The summed E-state index contributed by atoms with van der Waals surface area (Å²) in [5, 5.41) is 3.17. The van der Waals surface area contributed by atoms with Gasteiger partial charge in [-0.1, -0.05) is 12.1 Å². The summed E-state index contributed by atoms with van der Waals surface area (Å²) in [5.74, 6) is -1.02. The molecule has 1 saturated heterocycles. The van der Waals surface area contributed by atoms with Crippen LogP contribution >= 0.6 is 0 Å². The molecule has 2 aromatic carbocycles. The highest BCUT2D eigenvalue weighted by Gasteiger charge is 2.33. The summed E-state index contributed by atoms with van der Waals surface area (Å²) in [6, 6.07) is 11.0. The predicted octanol–water partition coefficient (Wildman–Crippen LogP) is 2.49. The van der Waals surface area contributed by atoms with Crippen LogP contribution in [0.25, 0.3) is 11.1 Å². The first-order chi connectivity index (χ1) is 12.0. The number of hydrogen-bond acceptors (Lipinski definition) is 4. The summed E-state index contributed by atoms with van der Waals surface area (Å²) in [4.78, 5) is 25.6. The fourth-order valence-electron chi connectivity index (χ4n) is 3.14. The van der Waals surface area contributed by atoms with Crippen molar-refractivity contribution >= 4 is 28.4 Å². The van der Waals surface area contributed by atoms with Crippen molar-refractivity contribution in [3.63, 3.8) is 0 Å². The molecule has 2 heterocycles. The second-order valence-electron chi connectivity index (χ2n) is 6.04. The molecule has 6 nitrogen and oxygen atoms in total. The van der Waals surface area contributed by atoms with Crippen LogP contribution in [0.15, 0.2) is 51.7 Å². The Hall–Kier alpha value is -3.09.